The summed E-state index contributed by atoms with van der Waals surface area (Å²) < 4.78 is 81.7. The number of benzene rings is 1. The van der Waals surface area contributed by atoms with Crippen LogP contribution < -0.4 is 10.0 Å². The molecule has 1 aromatic heterocycles. The van der Waals surface area contributed by atoms with Crippen molar-refractivity contribution in [3.05, 3.63) is 47.3 Å². The fourth-order valence-corrected chi connectivity index (χ4v) is 3.72. The SMILES string of the molecule is C[C@H](NS(=O)(=O)c1cn(C)c(C(=O)Nc2ccc(F)c(C#N)c2)c1F)C(C)(F)F. The molecular weight excluding hydrogens is 416 g/mol. The minimum Gasteiger partial charge on any atom is -0.343 e. The lowest BCUT2D eigenvalue weighted by atomic mass is 10.2. The Kier molecular flexibility index (Phi) is 6.05. The van der Waals surface area contributed by atoms with E-state index in [0.29, 0.717) is 6.92 Å². The van der Waals surface area contributed by atoms with Gasteiger partial charge in [0, 0.05) is 25.9 Å². The van der Waals surface area contributed by atoms with Crippen molar-refractivity contribution < 1.29 is 30.8 Å². The Hall–Kier alpha value is -2.91. The Morgan fingerprint density at radius 2 is 1.93 bits per heavy atom. The van der Waals surface area contributed by atoms with E-state index in [9.17, 15) is 30.8 Å². The molecule has 0 spiro atoms. The van der Waals surface area contributed by atoms with Crippen molar-refractivity contribution >= 4 is 21.6 Å². The van der Waals surface area contributed by atoms with Gasteiger partial charge in [-0.3, -0.25) is 4.79 Å². The standard InChI is InChI=1S/C17H16F4N4O3S/c1-9(17(2,20)21)24-29(27,28)13-8-25(3)15(14(13)19)16(26)23-11-4-5-12(18)10(6-11)7-22/h4-6,8-9,24H,1-3H3,(H,23,26)/t9-/m0/s1. The molecular formula is C17H16F4N4O3S. The summed E-state index contributed by atoms with van der Waals surface area (Å²) in [6, 6.07) is 2.80. The van der Waals surface area contributed by atoms with E-state index >= 15 is 0 Å². The number of anilines is 1. The molecule has 1 amide bonds. The van der Waals surface area contributed by atoms with E-state index in [1.54, 1.807) is 10.8 Å². The lowest BCUT2D eigenvalue weighted by molar-refractivity contribution is -0.00490. The number of hydrogen-bond acceptors (Lipinski definition) is 4. The Morgan fingerprint density at radius 3 is 2.48 bits per heavy atom. The first-order valence-electron chi connectivity index (χ1n) is 8.04. The molecule has 1 heterocycles. The number of carbonyl (C=O) groups is 1. The van der Waals surface area contributed by atoms with Gasteiger partial charge in [-0.25, -0.2) is 30.7 Å². The molecule has 0 aliphatic heterocycles. The quantitative estimate of drug-likeness (QED) is 0.685. The van der Waals surface area contributed by atoms with Crippen LogP contribution in [0.4, 0.5) is 23.2 Å². The second-order valence-electron chi connectivity index (χ2n) is 6.33. The predicted octanol–water partition coefficient (Wildman–Crippen LogP) is 2.75. The van der Waals surface area contributed by atoms with Gasteiger partial charge in [0.15, 0.2) is 5.82 Å². The van der Waals surface area contributed by atoms with Crippen LogP contribution in [0.5, 0.6) is 0 Å². The smallest absolute Gasteiger partial charge is 0.275 e. The van der Waals surface area contributed by atoms with Crippen molar-refractivity contribution in [1.82, 2.24) is 9.29 Å². The largest absolute Gasteiger partial charge is 0.343 e. The van der Waals surface area contributed by atoms with Crippen molar-refractivity contribution in [2.45, 2.75) is 30.7 Å². The number of halogens is 4. The third-order valence-corrected chi connectivity index (χ3v) is 5.56. The van der Waals surface area contributed by atoms with Gasteiger partial charge in [0.25, 0.3) is 11.8 Å². The highest BCUT2D eigenvalue weighted by Crippen LogP contribution is 2.24. The van der Waals surface area contributed by atoms with Crippen molar-refractivity contribution in [3.8, 4) is 6.07 Å². The molecule has 0 bridgehead atoms. The molecule has 12 heteroatoms. The molecule has 2 rings (SSSR count). The van der Waals surface area contributed by atoms with Crippen LogP contribution >= 0.6 is 0 Å². The minimum absolute atomic E-state index is 0.0321. The zero-order valence-electron chi connectivity index (χ0n) is 15.4. The number of carbonyl (C=O) groups excluding carboxylic acids is 1. The van der Waals surface area contributed by atoms with Crippen LogP contribution in [-0.4, -0.2) is 30.9 Å². The zero-order valence-corrected chi connectivity index (χ0v) is 16.2. The summed E-state index contributed by atoms with van der Waals surface area (Å²) in [7, 11) is -3.52. The number of sulfonamides is 1. The highest BCUT2D eigenvalue weighted by atomic mass is 32.2. The Labute approximate surface area is 164 Å². The number of amides is 1. The average Bonchev–Trinajstić information content (AvgIpc) is 2.90. The number of alkyl halides is 2. The van der Waals surface area contributed by atoms with Crippen LogP contribution in [0.25, 0.3) is 0 Å². The van der Waals surface area contributed by atoms with E-state index in [1.807, 2.05) is 0 Å². The maximum Gasteiger partial charge on any atom is 0.275 e. The maximum absolute atomic E-state index is 14.7. The van der Waals surface area contributed by atoms with Gasteiger partial charge in [0.2, 0.25) is 10.0 Å². The normalized spacial score (nSPS) is 13.0. The summed E-state index contributed by atoms with van der Waals surface area (Å²) in [5.41, 5.74) is -1.10. The second-order valence-corrected chi connectivity index (χ2v) is 8.01. The van der Waals surface area contributed by atoms with Crippen LogP contribution in [0.3, 0.4) is 0 Å². The highest BCUT2D eigenvalue weighted by Gasteiger charge is 2.36. The molecule has 0 fully saturated rings. The fourth-order valence-electron chi connectivity index (χ4n) is 2.29. The van der Waals surface area contributed by atoms with Gasteiger partial charge in [0.1, 0.15) is 22.5 Å². The van der Waals surface area contributed by atoms with Crippen molar-refractivity contribution in [2.24, 2.45) is 7.05 Å². The molecule has 2 aromatic rings. The van der Waals surface area contributed by atoms with E-state index in [2.05, 4.69) is 5.32 Å². The molecule has 2 N–H and O–H groups in total. The van der Waals surface area contributed by atoms with E-state index < -0.39 is 50.1 Å². The molecule has 0 unspecified atom stereocenters. The fraction of sp³-hybridized carbons (Fsp3) is 0.294. The van der Waals surface area contributed by atoms with Crippen molar-refractivity contribution in [1.29, 1.82) is 5.26 Å². The summed E-state index contributed by atoms with van der Waals surface area (Å²) in [6.45, 7) is 1.41. The Balaban J connectivity index is 2.36. The number of nitriles is 1. The molecule has 29 heavy (non-hydrogen) atoms. The molecule has 0 saturated heterocycles. The highest BCUT2D eigenvalue weighted by molar-refractivity contribution is 7.89. The summed E-state index contributed by atoms with van der Waals surface area (Å²) in [4.78, 5) is 11.4. The third kappa shape index (κ3) is 4.75. The van der Waals surface area contributed by atoms with Crippen LogP contribution in [0, 0.1) is 23.0 Å². The number of hydrogen-bond donors (Lipinski definition) is 2. The van der Waals surface area contributed by atoms with E-state index in [0.717, 1.165) is 35.9 Å². The minimum atomic E-state index is -4.70. The average molecular weight is 432 g/mol. The molecule has 0 aliphatic carbocycles. The number of aromatic nitrogens is 1. The first kappa shape index (κ1) is 22.4. The maximum atomic E-state index is 14.7. The van der Waals surface area contributed by atoms with Gasteiger partial charge in [-0.15, -0.1) is 0 Å². The topological polar surface area (TPSA) is 104 Å². The number of aryl methyl sites for hydroxylation is 1. The van der Waals surface area contributed by atoms with Gasteiger partial charge in [-0.2, -0.15) is 5.26 Å². The summed E-state index contributed by atoms with van der Waals surface area (Å²) in [5, 5.41) is 11.0. The zero-order chi connectivity index (χ0) is 22.1. The molecule has 0 radical (unpaired) electrons. The van der Waals surface area contributed by atoms with Crippen LogP contribution in [0.15, 0.2) is 29.3 Å². The summed E-state index contributed by atoms with van der Waals surface area (Å²) in [6.07, 6.45) is 0.762. The number of nitrogens with one attached hydrogen (secondary N) is 2. The van der Waals surface area contributed by atoms with E-state index in [4.69, 9.17) is 5.26 Å². The van der Waals surface area contributed by atoms with Gasteiger partial charge in [0.05, 0.1) is 11.6 Å². The summed E-state index contributed by atoms with van der Waals surface area (Å²) in [5.74, 6) is -6.76. The van der Waals surface area contributed by atoms with E-state index in [1.165, 1.54) is 7.05 Å². The molecule has 1 aromatic carbocycles. The van der Waals surface area contributed by atoms with E-state index in [-0.39, 0.29) is 11.3 Å². The molecule has 1 atom stereocenters. The lowest BCUT2D eigenvalue weighted by Crippen LogP contribution is -2.43. The number of rotatable bonds is 6. The Bertz CT molecular complexity index is 1100. The van der Waals surface area contributed by atoms with Gasteiger partial charge in [-0.05, 0) is 25.1 Å². The Morgan fingerprint density at radius 1 is 1.31 bits per heavy atom. The molecule has 156 valence electrons. The first-order valence-corrected chi connectivity index (χ1v) is 9.52. The number of nitrogens with zero attached hydrogens (tertiary/aromatic N) is 2. The van der Waals surface area contributed by atoms with Gasteiger partial charge < -0.3 is 9.88 Å². The molecule has 7 nitrogen and oxygen atoms in total. The lowest BCUT2D eigenvalue weighted by Gasteiger charge is -2.20. The first-order chi connectivity index (χ1) is 13.3. The van der Waals surface area contributed by atoms with Crippen LogP contribution in [0.2, 0.25) is 0 Å². The van der Waals surface area contributed by atoms with Crippen molar-refractivity contribution in [3.63, 3.8) is 0 Å². The third-order valence-electron chi connectivity index (χ3n) is 4.03. The van der Waals surface area contributed by atoms with Gasteiger partial charge >= 0.3 is 0 Å². The molecule has 0 aliphatic rings. The van der Waals surface area contributed by atoms with Crippen LogP contribution in [-0.2, 0) is 17.1 Å². The summed E-state index contributed by atoms with van der Waals surface area (Å²) >= 11 is 0. The van der Waals surface area contributed by atoms with Crippen LogP contribution in [0.1, 0.15) is 29.9 Å². The van der Waals surface area contributed by atoms with Crippen molar-refractivity contribution in [2.75, 3.05) is 5.32 Å². The predicted molar refractivity (Wildman–Crippen MR) is 94.8 cm³/mol. The monoisotopic (exact) mass is 432 g/mol. The molecule has 0 saturated carbocycles. The second kappa shape index (κ2) is 7.84. The van der Waals surface area contributed by atoms with Gasteiger partial charge in [-0.1, -0.05) is 0 Å².